The minimum atomic E-state index is -0.389. The number of rotatable bonds is 5. The molecule has 0 fully saturated rings. The summed E-state index contributed by atoms with van der Waals surface area (Å²) < 4.78 is 6.08. The van der Waals surface area contributed by atoms with Crippen LogP contribution in [0.2, 0.25) is 5.02 Å². The normalized spacial score (nSPS) is 17.1. The van der Waals surface area contributed by atoms with Crippen molar-refractivity contribution in [2.75, 3.05) is 26.2 Å². The number of nitrogens with zero attached hydrogens (tertiary/aromatic N) is 2. The summed E-state index contributed by atoms with van der Waals surface area (Å²) in [7, 11) is 0. The van der Waals surface area contributed by atoms with Gasteiger partial charge in [0.2, 0.25) is 11.8 Å². The van der Waals surface area contributed by atoms with Gasteiger partial charge in [-0.3, -0.25) is 19.5 Å². The Kier molecular flexibility index (Phi) is 10.2. The Bertz CT molecular complexity index is 1310. The third kappa shape index (κ3) is 8.08. The van der Waals surface area contributed by atoms with E-state index in [0.29, 0.717) is 55.1 Å². The molecule has 10 heteroatoms. The number of aromatic amines is 1. The lowest BCUT2D eigenvalue weighted by Gasteiger charge is -2.25. The van der Waals surface area contributed by atoms with Crippen LogP contribution in [0.3, 0.4) is 0 Å². The molecule has 0 bridgehead atoms. The van der Waals surface area contributed by atoms with Gasteiger partial charge >= 0.3 is 0 Å². The second kappa shape index (κ2) is 14.0. The van der Waals surface area contributed by atoms with E-state index in [9.17, 15) is 14.4 Å². The van der Waals surface area contributed by atoms with Crippen LogP contribution in [-0.2, 0) is 22.4 Å². The second-order valence-electron chi connectivity index (χ2n) is 10.1. The quantitative estimate of drug-likeness (QED) is 0.435. The molecule has 4 rings (SSSR count). The van der Waals surface area contributed by atoms with E-state index in [1.807, 2.05) is 44.2 Å². The van der Waals surface area contributed by atoms with Crippen LogP contribution in [0, 0.1) is 13.8 Å². The van der Waals surface area contributed by atoms with Crippen molar-refractivity contribution in [2.45, 2.75) is 52.0 Å². The fourth-order valence-corrected chi connectivity index (χ4v) is 5.01. The molecular formula is C30H36ClN5O4. The fraction of sp³-hybridized carbons (Fsp3) is 0.400. The van der Waals surface area contributed by atoms with Crippen molar-refractivity contribution in [2.24, 2.45) is 0 Å². The summed E-state index contributed by atoms with van der Waals surface area (Å²) in [6.07, 6.45) is 2.62. The van der Waals surface area contributed by atoms with Crippen molar-refractivity contribution in [1.82, 2.24) is 25.7 Å². The lowest BCUT2D eigenvalue weighted by molar-refractivity contribution is -0.136. The van der Waals surface area contributed by atoms with Crippen LogP contribution in [0.15, 0.2) is 48.5 Å². The van der Waals surface area contributed by atoms with E-state index in [0.717, 1.165) is 22.5 Å². The first kappa shape index (κ1) is 29.1. The number of H-pyrrole nitrogens is 1. The lowest BCUT2D eigenvalue weighted by atomic mass is 10.1. The SMILES string of the molecule is Cc1n[nH]c(C)c1CCC(=O)N1CCCCNC(=O)c2cc(Cl)ccc2OC[C@H](Cc2ccccc2)NC(=O)C1. The summed E-state index contributed by atoms with van der Waals surface area (Å²) in [6, 6.07) is 14.3. The number of hydrogen-bond donors (Lipinski definition) is 3. The number of ether oxygens (including phenoxy) is 1. The summed E-state index contributed by atoms with van der Waals surface area (Å²) in [5.41, 5.74) is 4.22. The van der Waals surface area contributed by atoms with Crippen LogP contribution in [-0.4, -0.2) is 65.1 Å². The molecule has 3 amide bonds. The topological polar surface area (TPSA) is 116 Å². The van der Waals surface area contributed by atoms with Gasteiger partial charge in [0.05, 0.1) is 23.8 Å². The first-order valence-corrected chi connectivity index (χ1v) is 14.0. The molecule has 0 radical (unpaired) electrons. The summed E-state index contributed by atoms with van der Waals surface area (Å²) in [4.78, 5) is 41.1. The number of halogens is 1. The number of aromatic nitrogens is 2. The Balaban J connectivity index is 1.52. The molecule has 40 heavy (non-hydrogen) atoms. The van der Waals surface area contributed by atoms with E-state index in [2.05, 4.69) is 20.8 Å². The minimum Gasteiger partial charge on any atom is -0.491 e. The van der Waals surface area contributed by atoms with Crippen LogP contribution in [0.5, 0.6) is 5.75 Å². The van der Waals surface area contributed by atoms with Gasteiger partial charge in [-0.25, -0.2) is 0 Å². The van der Waals surface area contributed by atoms with E-state index in [4.69, 9.17) is 16.3 Å². The van der Waals surface area contributed by atoms with Crippen molar-refractivity contribution in [1.29, 1.82) is 0 Å². The van der Waals surface area contributed by atoms with E-state index in [-0.39, 0.29) is 43.3 Å². The van der Waals surface area contributed by atoms with Gasteiger partial charge in [-0.1, -0.05) is 41.9 Å². The molecule has 1 aliphatic rings. The zero-order valence-electron chi connectivity index (χ0n) is 23.0. The summed E-state index contributed by atoms with van der Waals surface area (Å²) in [6.45, 7) is 4.77. The average Bonchev–Trinajstić information content (AvgIpc) is 3.26. The number of hydrogen-bond acceptors (Lipinski definition) is 5. The van der Waals surface area contributed by atoms with Gasteiger partial charge in [0.15, 0.2) is 0 Å². The van der Waals surface area contributed by atoms with Gasteiger partial charge in [-0.2, -0.15) is 5.10 Å². The number of nitrogens with one attached hydrogen (secondary N) is 3. The molecule has 0 unspecified atom stereocenters. The van der Waals surface area contributed by atoms with Gasteiger partial charge < -0.3 is 20.3 Å². The minimum absolute atomic E-state index is 0.0496. The molecule has 3 N–H and O–H groups in total. The predicted octanol–water partition coefficient (Wildman–Crippen LogP) is 3.77. The summed E-state index contributed by atoms with van der Waals surface area (Å²) in [5.74, 6) is -0.240. The molecule has 1 aromatic heterocycles. The van der Waals surface area contributed by atoms with Crippen LogP contribution < -0.4 is 15.4 Å². The first-order chi connectivity index (χ1) is 19.3. The van der Waals surface area contributed by atoms with Gasteiger partial charge in [0.1, 0.15) is 12.4 Å². The second-order valence-corrected chi connectivity index (χ2v) is 10.5. The molecule has 2 heterocycles. The molecule has 1 atom stereocenters. The summed E-state index contributed by atoms with van der Waals surface area (Å²) in [5, 5.41) is 13.6. The molecule has 212 valence electrons. The number of fused-ring (bicyclic) bond motifs is 1. The molecule has 0 aliphatic carbocycles. The van der Waals surface area contributed by atoms with Crippen molar-refractivity contribution < 1.29 is 19.1 Å². The Labute approximate surface area is 239 Å². The number of carbonyl (C=O) groups excluding carboxylic acids is 3. The van der Waals surface area contributed by atoms with Crippen LogP contribution in [0.25, 0.3) is 0 Å². The molecule has 9 nitrogen and oxygen atoms in total. The molecular weight excluding hydrogens is 530 g/mol. The number of benzene rings is 2. The maximum absolute atomic E-state index is 13.3. The van der Waals surface area contributed by atoms with Gasteiger partial charge in [-0.05, 0) is 68.9 Å². The smallest absolute Gasteiger partial charge is 0.255 e. The van der Waals surface area contributed by atoms with Gasteiger partial charge in [0.25, 0.3) is 5.91 Å². The van der Waals surface area contributed by atoms with Crippen LogP contribution in [0.4, 0.5) is 0 Å². The van der Waals surface area contributed by atoms with Crippen molar-refractivity contribution in [3.63, 3.8) is 0 Å². The highest BCUT2D eigenvalue weighted by molar-refractivity contribution is 6.31. The zero-order chi connectivity index (χ0) is 28.5. The highest BCUT2D eigenvalue weighted by atomic mass is 35.5. The summed E-state index contributed by atoms with van der Waals surface area (Å²) >= 11 is 6.18. The largest absolute Gasteiger partial charge is 0.491 e. The van der Waals surface area contributed by atoms with Crippen molar-refractivity contribution in [3.05, 3.63) is 81.6 Å². The van der Waals surface area contributed by atoms with E-state index >= 15 is 0 Å². The highest BCUT2D eigenvalue weighted by Gasteiger charge is 2.22. The average molecular weight is 566 g/mol. The van der Waals surface area contributed by atoms with Gasteiger partial charge in [-0.15, -0.1) is 0 Å². The monoisotopic (exact) mass is 565 g/mol. The van der Waals surface area contributed by atoms with Crippen molar-refractivity contribution in [3.8, 4) is 5.75 Å². The third-order valence-electron chi connectivity index (χ3n) is 7.01. The van der Waals surface area contributed by atoms with E-state index in [1.165, 1.54) is 0 Å². The first-order valence-electron chi connectivity index (χ1n) is 13.6. The maximum Gasteiger partial charge on any atom is 0.255 e. The van der Waals surface area contributed by atoms with Gasteiger partial charge in [0, 0.05) is 30.2 Å². The Morgan fingerprint density at radius 2 is 1.93 bits per heavy atom. The Morgan fingerprint density at radius 3 is 2.67 bits per heavy atom. The molecule has 3 aromatic rings. The Hall–Kier alpha value is -3.85. The molecule has 0 spiro atoms. The zero-order valence-corrected chi connectivity index (χ0v) is 23.7. The fourth-order valence-electron chi connectivity index (χ4n) is 4.84. The molecule has 0 saturated heterocycles. The number of amides is 3. The standard InChI is InChI=1S/C30H36ClN5O4/c1-20-25(21(2)35-34-20)11-13-29(38)36-15-7-6-14-32-30(39)26-17-23(31)10-12-27(26)40-19-24(33-28(37)18-36)16-22-8-4-3-5-9-22/h3-5,8-10,12,17,24H,6-7,11,13-16,18-19H2,1-2H3,(H,32,39)(H,33,37)(H,34,35)/t24-/m0/s1. The number of aryl methyl sites for hydroxylation is 2. The molecule has 0 saturated carbocycles. The van der Waals surface area contributed by atoms with Crippen LogP contribution in [0.1, 0.15) is 52.1 Å². The van der Waals surface area contributed by atoms with Crippen LogP contribution >= 0.6 is 11.6 Å². The Morgan fingerprint density at radius 1 is 1.12 bits per heavy atom. The van der Waals surface area contributed by atoms with E-state index < -0.39 is 0 Å². The maximum atomic E-state index is 13.3. The van der Waals surface area contributed by atoms with E-state index in [1.54, 1.807) is 23.1 Å². The molecule has 1 aliphatic heterocycles. The number of carbonyl (C=O) groups is 3. The van der Waals surface area contributed by atoms with Crippen molar-refractivity contribution >= 4 is 29.3 Å². The molecule has 2 aromatic carbocycles. The third-order valence-corrected chi connectivity index (χ3v) is 7.25. The highest BCUT2D eigenvalue weighted by Crippen LogP contribution is 2.23. The lowest BCUT2D eigenvalue weighted by Crippen LogP contribution is -2.47. The predicted molar refractivity (Wildman–Crippen MR) is 154 cm³/mol.